The van der Waals surface area contributed by atoms with E-state index in [-0.39, 0.29) is 29.4 Å². The summed E-state index contributed by atoms with van der Waals surface area (Å²) < 4.78 is 38.5. The number of nitrogens with one attached hydrogen (secondary N) is 1. The molecule has 1 amide bonds. The van der Waals surface area contributed by atoms with Crippen LogP contribution in [0.4, 0.5) is 0 Å². The number of amides is 1. The number of sulfonamides is 1. The Hall–Kier alpha value is -2.42. The minimum absolute atomic E-state index is 0.100. The van der Waals surface area contributed by atoms with Gasteiger partial charge in [0, 0.05) is 19.6 Å². The minimum Gasteiger partial charge on any atom is -0.483 e. The van der Waals surface area contributed by atoms with Gasteiger partial charge in [-0.25, -0.2) is 8.42 Å². The van der Waals surface area contributed by atoms with Gasteiger partial charge in [-0.15, -0.1) is 0 Å². The van der Waals surface area contributed by atoms with Crippen LogP contribution in [-0.2, 0) is 31.5 Å². The first-order valence-corrected chi connectivity index (χ1v) is 11.8. The second-order valence-electron chi connectivity index (χ2n) is 8.44. The molecule has 1 heterocycles. The van der Waals surface area contributed by atoms with Crippen molar-refractivity contribution in [1.29, 1.82) is 0 Å². The zero-order valence-corrected chi connectivity index (χ0v) is 19.1. The molecule has 1 fully saturated rings. The molecule has 1 aliphatic heterocycles. The molecule has 3 rings (SSSR count). The van der Waals surface area contributed by atoms with E-state index < -0.39 is 10.0 Å². The largest absolute Gasteiger partial charge is 0.483 e. The van der Waals surface area contributed by atoms with Crippen LogP contribution in [0.1, 0.15) is 31.9 Å². The highest BCUT2D eigenvalue weighted by molar-refractivity contribution is 7.89. The van der Waals surface area contributed by atoms with Crippen LogP contribution >= 0.6 is 0 Å². The number of hydrogen-bond acceptors (Lipinski definition) is 5. The third kappa shape index (κ3) is 5.84. The first kappa shape index (κ1) is 23.2. The van der Waals surface area contributed by atoms with E-state index >= 15 is 0 Å². The molecule has 1 saturated heterocycles. The Morgan fingerprint density at radius 1 is 1.06 bits per heavy atom. The molecule has 1 aliphatic rings. The zero-order chi connectivity index (χ0) is 22.5. The van der Waals surface area contributed by atoms with Crippen molar-refractivity contribution in [3.63, 3.8) is 0 Å². The van der Waals surface area contributed by atoms with Crippen molar-refractivity contribution in [2.75, 3.05) is 32.9 Å². The average Bonchev–Trinajstić information content (AvgIpc) is 2.76. The standard InChI is InChI=1S/C23H30N2O5S/c1-23(2,3)19-9-5-6-10-20(19)30-17-22(26)24-16-18-8-4-7-11-21(18)31(27,28)25-12-14-29-15-13-25/h4-11H,12-17H2,1-3H3,(H,24,26). The van der Waals surface area contributed by atoms with E-state index in [0.29, 0.717) is 37.6 Å². The summed E-state index contributed by atoms with van der Waals surface area (Å²) in [5.41, 5.74) is 1.45. The number of hydrogen-bond donors (Lipinski definition) is 1. The summed E-state index contributed by atoms with van der Waals surface area (Å²) >= 11 is 0. The number of ether oxygens (including phenoxy) is 2. The Balaban J connectivity index is 1.64. The lowest BCUT2D eigenvalue weighted by molar-refractivity contribution is -0.123. The van der Waals surface area contributed by atoms with Crippen molar-refractivity contribution < 1.29 is 22.7 Å². The van der Waals surface area contributed by atoms with E-state index in [9.17, 15) is 13.2 Å². The van der Waals surface area contributed by atoms with Crippen molar-refractivity contribution in [1.82, 2.24) is 9.62 Å². The summed E-state index contributed by atoms with van der Waals surface area (Å²) in [7, 11) is -3.65. The van der Waals surface area contributed by atoms with Gasteiger partial charge in [0.2, 0.25) is 10.0 Å². The molecule has 0 saturated carbocycles. The molecule has 2 aromatic rings. The van der Waals surface area contributed by atoms with Gasteiger partial charge in [0.15, 0.2) is 6.61 Å². The predicted octanol–water partition coefficient (Wildman–Crippen LogP) is 2.70. The number of benzene rings is 2. The average molecular weight is 447 g/mol. The van der Waals surface area contributed by atoms with Gasteiger partial charge in [-0.2, -0.15) is 4.31 Å². The van der Waals surface area contributed by atoms with E-state index in [0.717, 1.165) is 5.56 Å². The van der Waals surface area contributed by atoms with Crippen LogP contribution in [0, 0.1) is 0 Å². The molecule has 7 nitrogen and oxygen atoms in total. The summed E-state index contributed by atoms with van der Waals surface area (Å²) in [6.07, 6.45) is 0. The van der Waals surface area contributed by atoms with Crippen LogP contribution in [0.25, 0.3) is 0 Å². The molecule has 168 valence electrons. The Kier molecular flexibility index (Phi) is 7.35. The molecule has 0 aliphatic carbocycles. The van der Waals surface area contributed by atoms with Gasteiger partial charge in [-0.1, -0.05) is 57.2 Å². The summed E-state index contributed by atoms with van der Waals surface area (Å²) in [6, 6.07) is 14.4. The molecule has 0 bridgehead atoms. The highest BCUT2D eigenvalue weighted by Crippen LogP contribution is 2.30. The zero-order valence-electron chi connectivity index (χ0n) is 18.3. The summed E-state index contributed by atoms with van der Waals surface area (Å²) in [5.74, 6) is 0.350. The Morgan fingerprint density at radius 3 is 2.42 bits per heavy atom. The minimum atomic E-state index is -3.65. The van der Waals surface area contributed by atoms with Crippen LogP contribution in [0.15, 0.2) is 53.4 Å². The molecule has 0 aromatic heterocycles. The maximum atomic E-state index is 13.0. The van der Waals surface area contributed by atoms with Crippen molar-refractivity contribution in [2.45, 2.75) is 37.6 Å². The molecule has 0 atom stereocenters. The van der Waals surface area contributed by atoms with E-state index in [1.807, 2.05) is 24.3 Å². The predicted molar refractivity (Wildman–Crippen MR) is 119 cm³/mol. The van der Waals surface area contributed by atoms with Gasteiger partial charge in [0.05, 0.1) is 18.1 Å². The number of carbonyl (C=O) groups is 1. The van der Waals surface area contributed by atoms with Gasteiger partial charge in [0.25, 0.3) is 5.91 Å². The lowest BCUT2D eigenvalue weighted by Crippen LogP contribution is -2.41. The first-order chi connectivity index (χ1) is 14.7. The van der Waals surface area contributed by atoms with Crippen molar-refractivity contribution in [3.8, 4) is 5.75 Å². The highest BCUT2D eigenvalue weighted by atomic mass is 32.2. The number of nitrogens with zero attached hydrogens (tertiary/aromatic N) is 1. The maximum absolute atomic E-state index is 13.0. The van der Waals surface area contributed by atoms with Gasteiger partial charge < -0.3 is 14.8 Å². The molecule has 0 spiro atoms. The Morgan fingerprint density at radius 2 is 1.71 bits per heavy atom. The van der Waals surface area contributed by atoms with Gasteiger partial charge in [-0.05, 0) is 28.7 Å². The van der Waals surface area contributed by atoms with Gasteiger partial charge in [0.1, 0.15) is 5.75 Å². The molecule has 0 unspecified atom stereocenters. The van der Waals surface area contributed by atoms with Gasteiger partial charge in [-0.3, -0.25) is 4.79 Å². The summed E-state index contributed by atoms with van der Waals surface area (Å²) in [5, 5.41) is 2.77. The van der Waals surface area contributed by atoms with E-state index in [2.05, 4.69) is 26.1 Å². The fraction of sp³-hybridized carbons (Fsp3) is 0.435. The first-order valence-electron chi connectivity index (χ1n) is 10.3. The van der Waals surface area contributed by atoms with E-state index in [4.69, 9.17) is 9.47 Å². The number of rotatable bonds is 7. The fourth-order valence-corrected chi connectivity index (χ4v) is 5.06. The second kappa shape index (κ2) is 9.80. The summed E-state index contributed by atoms with van der Waals surface area (Å²) in [6.45, 7) is 7.61. The van der Waals surface area contributed by atoms with Gasteiger partial charge >= 0.3 is 0 Å². The number of para-hydroxylation sites is 1. The van der Waals surface area contributed by atoms with Crippen molar-refractivity contribution >= 4 is 15.9 Å². The van der Waals surface area contributed by atoms with Crippen LogP contribution in [-0.4, -0.2) is 51.5 Å². The SMILES string of the molecule is CC(C)(C)c1ccccc1OCC(=O)NCc1ccccc1S(=O)(=O)N1CCOCC1. The molecule has 1 N–H and O–H groups in total. The number of carbonyl (C=O) groups excluding carboxylic acids is 1. The van der Waals surface area contributed by atoms with Crippen LogP contribution in [0.3, 0.4) is 0 Å². The van der Waals surface area contributed by atoms with Crippen LogP contribution < -0.4 is 10.1 Å². The van der Waals surface area contributed by atoms with E-state index in [1.165, 1.54) is 4.31 Å². The highest BCUT2D eigenvalue weighted by Gasteiger charge is 2.28. The normalized spacial score (nSPS) is 15.5. The fourth-order valence-electron chi connectivity index (χ4n) is 3.43. The van der Waals surface area contributed by atoms with Crippen LogP contribution in [0.2, 0.25) is 0 Å². The molecule has 0 radical (unpaired) electrons. The lowest BCUT2D eigenvalue weighted by Gasteiger charge is -2.27. The Bertz CT molecular complexity index is 1010. The maximum Gasteiger partial charge on any atom is 0.258 e. The topological polar surface area (TPSA) is 84.9 Å². The third-order valence-electron chi connectivity index (χ3n) is 5.09. The molecular weight excluding hydrogens is 416 g/mol. The van der Waals surface area contributed by atoms with E-state index in [1.54, 1.807) is 24.3 Å². The molecule has 31 heavy (non-hydrogen) atoms. The monoisotopic (exact) mass is 446 g/mol. The smallest absolute Gasteiger partial charge is 0.258 e. The lowest BCUT2D eigenvalue weighted by atomic mass is 9.86. The Labute approximate surface area is 184 Å². The van der Waals surface area contributed by atoms with Crippen molar-refractivity contribution in [2.24, 2.45) is 0 Å². The second-order valence-corrected chi connectivity index (χ2v) is 10.3. The summed E-state index contributed by atoms with van der Waals surface area (Å²) in [4.78, 5) is 12.6. The number of morpholine rings is 1. The molecule has 8 heteroatoms. The molecular formula is C23H30N2O5S. The molecule has 2 aromatic carbocycles. The third-order valence-corrected chi connectivity index (χ3v) is 7.09. The van der Waals surface area contributed by atoms with Crippen LogP contribution in [0.5, 0.6) is 5.75 Å². The van der Waals surface area contributed by atoms with Crippen molar-refractivity contribution in [3.05, 3.63) is 59.7 Å². The quantitative estimate of drug-likeness (QED) is 0.707.